The molecule has 0 saturated carbocycles. The number of benzene rings is 1. The molecule has 1 aromatic carbocycles. The molecule has 0 heterocycles. The van der Waals surface area contributed by atoms with Crippen LogP contribution >= 0.6 is 12.2 Å². The molecule has 0 aliphatic heterocycles. The zero-order chi connectivity index (χ0) is 14.6. The number of rotatable bonds is 6. The van der Waals surface area contributed by atoms with Crippen LogP contribution in [0.15, 0.2) is 18.2 Å². The van der Waals surface area contributed by atoms with E-state index in [0.29, 0.717) is 17.9 Å². The predicted octanol–water partition coefficient (Wildman–Crippen LogP) is 0.810. The maximum atomic E-state index is 11.2. The minimum Gasteiger partial charge on any atom is -0.497 e. The van der Waals surface area contributed by atoms with Crippen molar-refractivity contribution in [2.75, 3.05) is 37.6 Å². The molecule has 0 saturated heterocycles. The van der Waals surface area contributed by atoms with Gasteiger partial charge in [-0.05, 0) is 12.1 Å². The highest BCUT2D eigenvalue weighted by molar-refractivity contribution is 7.90. The van der Waals surface area contributed by atoms with Crippen molar-refractivity contribution in [2.24, 2.45) is 5.73 Å². The molecular formula is C12H18N2O3S2. The molecule has 1 aromatic rings. The molecule has 0 fully saturated rings. The van der Waals surface area contributed by atoms with Gasteiger partial charge in [0, 0.05) is 31.5 Å². The van der Waals surface area contributed by atoms with Gasteiger partial charge in [-0.1, -0.05) is 12.2 Å². The van der Waals surface area contributed by atoms with Crippen LogP contribution < -0.4 is 15.4 Å². The maximum Gasteiger partial charge on any atom is 0.149 e. The van der Waals surface area contributed by atoms with E-state index in [-0.39, 0.29) is 10.7 Å². The molecule has 0 aromatic heterocycles. The van der Waals surface area contributed by atoms with Crippen LogP contribution in [0.2, 0.25) is 0 Å². The van der Waals surface area contributed by atoms with Gasteiger partial charge in [-0.15, -0.1) is 0 Å². The van der Waals surface area contributed by atoms with E-state index < -0.39 is 9.84 Å². The number of nitrogens with zero attached hydrogens (tertiary/aromatic N) is 1. The maximum absolute atomic E-state index is 11.2. The second-order valence-corrected chi connectivity index (χ2v) is 7.00. The summed E-state index contributed by atoms with van der Waals surface area (Å²) in [6.07, 6.45) is 1.21. The Morgan fingerprint density at radius 2 is 2.11 bits per heavy atom. The van der Waals surface area contributed by atoms with Crippen LogP contribution in [0.1, 0.15) is 5.56 Å². The summed E-state index contributed by atoms with van der Waals surface area (Å²) >= 11 is 5.00. The molecule has 0 radical (unpaired) electrons. The van der Waals surface area contributed by atoms with Crippen LogP contribution in [0.3, 0.4) is 0 Å². The number of hydrogen-bond acceptors (Lipinski definition) is 5. The highest BCUT2D eigenvalue weighted by Gasteiger charge is 2.13. The third-order valence-corrected chi connectivity index (χ3v) is 3.82. The Hall–Kier alpha value is -1.34. The summed E-state index contributed by atoms with van der Waals surface area (Å²) in [6, 6.07) is 5.33. The summed E-state index contributed by atoms with van der Waals surface area (Å²) in [6.45, 7) is 0.363. The van der Waals surface area contributed by atoms with Gasteiger partial charge in [-0.2, -0.15) is 0 Å². The number of methoxy groups -OCH3 is 1. The fraction of sp³-hybridized carbons (Fsp3) is 0.417. The second kappa shape index (κ2) is 6.21. The fourth-order valence-electron chi connectivity index (χ4n) is 1.59. The first-order valence-corrected chi connectivity index (χ1v) is 8.08. The van der Waals surface area contributed by atoms with Crippen LogP contribution in [0, 0.1) is 0 Å². The van der Waals surface area contributed by atoms with E-state index in [1.54, 1.807) is 37.3 Å². The summed E-state index contributed by atoms with van der Waals surface area (Å²) in [5, 5.41) is 0. The van der Waals surface area contributed by atoms with Crippen molar-refractivity contribution in [3.8, 4) is 5.75 Å². The molecule has 2 N–H and O–H groups in total. The van der Waals surface area contributed by atoms with Gasteiger partial charge in [-0.3, -0.25) is 0 Å². The third kappa shape index (κ3) is 4.68. The Morgan fingerprint density at radius 1 is 1.47 bits per heavy atom. The molecule has 5 nitrogen and oxygen atoms in total. The number of hydrogen-bond donors (Lipinski definition) is 1. The lowest BCUT2D eigenvalue weighted by Crippen LogP contribution is -2.27. The van der Waals surface area contributed by atoms with Gasteiger partial charge in [0.25, 0.3) is 0 Å². The van der Waals surface area contributed by atoms with E-state index in [1.165, 1.54) is 6.26 Å². The van der Waals surface area contributed by atoms with Gasteiger partial charge in [0.05, 0.1) is 18.6 Å². The number of thiocarbonyl (C=S) groups is 1. The molecule has 7 heteroatoms. The van der Waals surface area contributed by atoms with Crippen LogP contribution in [0.25, 0.3) is 0 Å². The topological polar surface area (TPSA) is 72.6 Å². The molecule has 0 spiro atoms. The highest BCUT2D eigenvalue weighted by atomic mass is 32.2. The number of nitrogens with two attached hydrogens (primary N) is 1. The number of anilines is 1. The molecule has 0 amide bonds. The Labute approximate surface area is 119 Å². The van der Waals surface area contributed by atoms with Gasteiger partial charge < -0.3 is 15.4 Å². The van der Waals surface area contributed by atoms with Crippen molar-refractivity contribution < 1.29 is 13.2 Å². The summed E-state index contributed by atoms with van der Waals surface area (Å²) in [5.41, 5.74) is 7.13. The normalized spacial score (nSPS) is 11.1. The average Bonchev–Trinajstić information content (AvgIpc) is 2.34. The Bertz CT molecular complexity index is 570. The molecule has 0 aliphatic carbocycles. The highest BCUT2D eigenvalue weighted by Crippen LogP contribution is 2.25. The van der Waals surface area contributed by atoms with Crippen molar-refractivity contribution in [1.29, 1.82) is 0 Å². The van der Waals surface area contributed by atoms with Gasteiger partial charge in [0.15, 0.2) is 0 Å². The molecule has 1 rings (SSSR count). The lowest BCUT2D eigenvalue weighted by molar-refractivity contribution is 0.415. The zero-order valence-electron chi connectivity index (χ0n) is 11.2. The predicted molar refractivity (Wildman–Crippen MR) is 81.9 cm³/mol. The SMILES string of the molecule is COc1ccc(C(N)=S)c(N(C)CCS(C)(=O)=O)c1. The average molecular weight is 302 g/mol. The molecule has 0 unspecified atom stereocenters. The van der Waals surface area contributed by atoms with Gasteiger partial charge in [-0.25, -0.2) is 8.42 Å². The monoisotopic (exact) mass is 302 g/mol. The molecule has 19 heavy (non-hydrogen) atoms. The number of ether oxygens (including phenoxy) is 1. The van der Waals surface area contributed by atoms with Crippen LogP contribution in [-0.4, -0.2) is 46.1 Å². The smallest absolute Gasteiger partial charge is 0.149 e. The molecular weight excluding hydrogens is 284 g/mol. The quantitative estimate of drug-likeness (QED) is 0.784. The van der Waals surface area contributed by atoms with Crippen molar-refractivity contribution >= 4 is 32.7 Å². The van der Waals surface area contributed by atoms with Crippen molar-refractivity contribution in [2.45, 2.75) is 0 Å². The zero-order valence-corrected chi connectivity index (χ0v) is 12.8. The van der Waals surface area contributed by atoms with Crippen molar-refractivity contribution in [3.05, 3.63) is 23.8 Å². The van der Waals surface area contributed by atoms with Crippen molar-refractivity contribution in [3.63, 3.8) is 0 Å². The summed E-state index contributed by atoms with van der Waals surface area (Å²) in [5.74, 6) is 0.735. The first-order valence-electron chi connectivity index (χ1n) is 5.61. The van der Waals surface area contributed by atoms with Gasteiger partial charge in [0.1, 0.15) is 20.6 Å². The standard InChI is InChI=1S/C12H18N2O3S2/c1-14(6-7-19(3,15)16)11-8-9(17-2)4-5-10(11)12(13)18/h4-5,8H,6-7H2,1-3H3,(H2,13,18). The Morgan fingerprint density at radius 3 is 2.58 bits per heavy atom. The van der Waals surface area contributed by atoms with Crippen LogP contribution in [-0.2, 0) is 9.84 Å². The number of sulfone groups is 1. The molecule has 0 atom stereocenters. The fourth-order valence-corrected chi connectivity index (χ4v) is 2.36. The third-order valence-electron chi connectivity index (χ3n) is 2.68. The van der Waals surface area contributed by atoms with E-state index in [0.717, 1.165) is 5.69 Å². The molecule has 0 aliphatic rings. The van der Waals surface area contributed by atoms with Crippen molar-refractivity contribution in [1.82, 2.24) is 0 Å². The van der Waals surface area contributed by atoms with E-state index in [2.05, 4.69) is 0 Å². The van der Waals surface area contributed by atoms with E-state index in [9.17, 15) is 8.42 Å². The summed E-state index contributed by atoms with van der Waals surface area (Å²) < 4.78 is 27.6. The first-order chi connectivity index (χ1) is 8.74. The molecule has 106 valence electrons. The Kier molecular flexibility index (Phi) is 5.13. The van der Waals surface area contributed by atoms with E-state index in [1.807, 2.05) is 0 Å². The summed E-state index contributed by atoms with van der Waals surface area (Å²) in [4.78, 5) is 2.07. The largest absolute Gasteiger partial charge is 0.497 e. The van der Waals surface area contributed by atoms with Crippen LogP contribution in [0.5, 0.6) is 5.75 Å². The molecule has 0 bridgehead atoms. The first kappa shape index (κ1) is 15.7. The Balaban J connectivity index is 3.05. The minimum absolute atomic E-state index is 0.0669. The van der Waals surface area contributed by atoms with Crippen LogP contribution in [0.4, 0.5) is 5.69 Å². The summed E-state index contributed by atoms with van der Waals surface area (Å²) in [7, 11) is 0.346. The van der Waals surface area contributed by atoms with E-state index in [4.69, 9.17) is 22.7 Å². The second-order valence-electron chi connectivity index (χ2n) is 4.30. The lowest BCUT2D eigenvalue weighted by Gasteiger charge is -2.22. The van der Waals surface area contributed by atoms with Gasteiger partial charge in [0.2, 0.25) is 0 Å². The lowest BCUT2D eigenvalue weighted by atomic mass is 10.1. The van der Waals surface area contributed by atoms with Gasteiger partial charge >= 0.3 is 0 Å². The van der Waals surface area contributed by atoms with E-state index >= 15 is 0 Å². The minimum atomic E-state index is -3.01.